The number of carbonyl (C=O) groups is 2. The molecule has 3 rings (SSSR count). The molecule has 2 fully saturated rings. The van der Waals surface area contributed by atoms with E-state index in [0.717, 1.165) is 37.9 Å². The lowest BCUT2D eigenvalue weighted by molar-refractivity contribution is -0.147. The van der Waals surface area contributed by atoms with Crippen molar-refractivity contribution in [2.24, 2.45) is 11.8 Å². The third-order valence-electron chi connectivity index (χ3n) is 5.66. The lowest BCUT2D eigenvalue weighted by atomic mass is 9.72. The van der Waals surface area contributed by atoms with Crippen molar-refractivity contribution in [1.29, 1.82) is 0 Å². The van der Waals surface area contributed by atoms with Gasteiger partial charge in [-0.3, -0.25) is 4.79 Å². The number of anilines is 1. The van der Waals surface area contributed by atoms with Crippen molar-refractivity contribution in [3.8, 4) is 0 Å². The fourth-order valence-electron chi connectivity index (χ4n) is 4.33. The van der Waals surface area contributed by atoms with Crippen LogP contribution in [0.5, 0.6) is 0 Å². The zero-order valence-corrected chi connectivity index (χ0v) is 16.2. The number of hydrogen-bond donors (Lipinski definition) is 2. The number of para-hydroxylation sites is 1. The first-order valence-electron chi connectivity index (χ1n) is 10.0. The Morgan fingerprint density at radius 3 is 2.63 bits per heavy atom. The summed E-state index contributed by atoms with van der Waals surface area (Å²) in [7, 11) is 0. The minimum Gasteiger partial charge on any atom is -0.465 e. The summed E-state index contributed by atoms with van der Waals surface area (Å²) in [6.07, 6.45) is 4.00. The molecule has 0 spiro atoms. The van der Waals surface area contributed by atoms with Crippen molar-refractivity contribution in [2.45, 2.75) is 51.6 Å². The van der Waals surface area contributed by atoms with Crippen molar-refractivity contribution < 1.29 is 19.1 Å². The minimum atomic E-state index is -0.293. The van der Waals surface area contributed by atoms with Crippen molar-refractivity contribution in [1.82, 2.24) is 5.32 Å². The molecule has 6 heteroatoms. The third kappa shape index (κ3) is 4.80. The Balaban J connectivity index is 1.63. The van der Waals surface area contributed by atoms with Gasteiger partial charge in [-0.1, -0.05) is 12.1 Å². The summed E-state index contributed by atoms with van der Waals surface area (Å²) in [5.74, 6) is 0.660. The average Bonchev–Trinajstić information content (AvgIpc) is 2.68. The molecule has 2 N–H and O–H groups in total. The van der Waals surface area contributed by atoms with E-state index in [-0.39, 0.29) is 18.0 Å². The van der Waals surface area contributed by atoms with Gasteiger partial charge in [-0.2, -0.15) is 0 Å². The summed E-state index contributed by atoms with van der Waals surface area (Å²) < 4.78 is 10.3. The van der Waals surface area contributed by atoms with Gasteiger partial charge in [-0.15, -0.1) is 0 Å². The molecule has 0 amide bonds. The molecule has 1 aliphatic heterocycles. The second-order valence-corrected chi connectivity index (χ2v) is 7.39. The van der Waals surface area contributed by atoms with Gasteiger partial charge in [0.15, 0.2) is 0 Å². The second-order valence-electron chi connectivity index (χ2n) is 7.39. The van der Waals surface area contributed by atoms with Gasteiger partial charge < -0.3 is 20.1 Å². The average molecular weight is 374 g/mol. The van der Waals surface area contributed by atoms with Crippen LogP contribution in [0.2, 0.25) is 0 Å². The highest BCUT2D eigenvalue weighted by atomic mass is 16.5. The number of ether oxygens (including phenoxy) is 2. The molecule has 0 radical (unpaired) electrons. The molecule has 2 aliphatic rings. The molecule has 27 heavy (non-hydrogen) atoms. The SMILES string of the molecule is CCOC(=O)c1ccccc1N[C@H]1CC[C@H]2CN[C@H](C(=O)OCC)C[C@H]2C1. The maximum atomic E-state index is 12.2. The van der Waals surface area contributed by atoms with Crippen molar-refractivity contribution >= 4 is 17.6 Å². The van der Waals surface area contributed by atoms with E-state index in [4.69, 9.17) is 9.47 Å². The van der Waals surface area contributed by atoms with Gasteiger partial charge in [0.05, 0.1) is 18.8 Å². The summed E-state index contributed by atoms with van der Waals surface area (Å²) in [5.41, 5.74) is 1.41. The molecule has 0 aromatic heterocycles. The van der Waals surface area contributed by atoms with E-state index in [2.05, 4.69) is 10.6 Å². The maximum Gasteiger partial charge on any atom is 0.340 e. The van der Waals surface area contributed by atoms with Crippen LogP contribution in [0.15, 0.2) is 24.3 Å². The van der Waals surface area contributed by atoms with Gasteiger partial charge in [0.2, 0.25) is 0 Å². The summed E-state index contributed by atoms with van der Waals surface area (Å²) >= 11 is 0. The predicted molar refractivity (Wildman–Crippen MR) is 104 cm³/mol. The van der Waals surface area contributed by atoms with Gasteiger partial charge in [0.25, 0.3) is 0 Å². The lowest BCUT2D eigenvalue weighted by Crippen LogP contribution is -2.51. The van der Waals surface area contributed by atoms with Crippen LogP contribution in [0.3, 0.4) is 0 Å². The Morgan fingerprint density at radius 1 is 1.07 bits per heavy atom. The van der Waals surface area contributed by atoms with E-state index in [1.54, 1.807) is 6.07 Å². The first kappa shape index (κ1) is 19.7. The Morgan fingerprint density at radius 2 is 1.85 bits per heavy atom. The molecule has 4 atom stereocenters. The molecular formula is C21H30N2O4. The molecule has 1 aliphatic carbocycles. The third-order valence-corrected chi connectivity index (χ3v) is 5.66. The number of esters is 2. The van der Waals surface area contributed by atoms with Gasteiger partial charge in [-0.25, -0.2) is 4.79 Å². The molecule has 1 heterocycles. The Bertz CT molecular complexity index is 663. The summed E-state index contributed by atoms with van der Waals surface area (Å²) in [6.45, 7) is 5.31. The number of carbonyl (C=O) groups excluding carboxylic acids is 2. The maximum absolute atomic E-state index is 12.2. The molecule has 1 aromatic rings. The highest BCUT2D eigenvalue weighted by Gasteiger charge is 2.38. The fraction of sp³-hybridized carbons (Fsp3) is 0.619. The van der Waals surface area contributed by atoms with Gasteiger partial charge >= 0.3 is 11.9 Å². The van der Waals surface area contributed by atoms with Gasteiger partial charge in [-0.05, 0) is 70.0 Å². The molecule has 0 bridgehead atoms. The van der Waals surface area contributed by atoms with Crippen LogP contribution < -0.4 is 10.6 Å². The number of benzene rings is 1. The Labute approximate surface area is 161 Å². The molecule has 1 saturated carbocycles. The smallest absolute Gasteiger partial charge is 0.340 e. The van der Waals surface area contributed by atoms with E-state index in [1.165, 1.54) is 0 Å². The highest BCUT2D eigenvalue weighted by molar-refractivity contribution is 5.95. The van der Waals surface area contributed by atoms with Crippen LogP contribution in [0, 0.1) is 11.8 Å². The molecule has 1 saturated heterocycles. The molecular weight excluding hydrogens is 344 g/mol. The van der Waals surface area contributed by atoms with Crippen LogP contribution in [0.4, 0.5) is 5.69 Å². The molecule has 1 aromatic carbocycles. The monoisotopic (exact) mass is 374 g/mol. The predicted octanol–water partition coefficient (Wildman–Crippen LogP) is 2.99. The quantitative estimate of drug-likeness (QED) is 0.746. The largest absolute Gasteiger partial charge is 0.465 e. The van der Waals surface area contributed by atoms with Crippen LogP contribution in [-0.2, 0) is 14.3 Å². The van der Waals surface area contributed by atoms with E-state index < -0.39 is 0 Å². The van der Waals surface area contributed by atoms with Gasteiger partial charge in [0, 0.05) is 11.7 Å². The zero-order chi connectivity index (χ0) is 19.2. The Hall–Kier alpha value is -2.08. The van der Waals surface area contributed by atoms with E-state index >= 15 is 0 Å². The lowest BCUT2D eigenvalue weighted by Gasteiger charge is -2.42. The number of rotatable bonds is 6. The molecule has 6 nitrogen and oxygen atoms in total. The summed E-state index contributed by atoms with van der Waals surface area (Å²) in [6, 6.07) is 7.61. The van der Waals surface area contributed by atoms with E-state index in [0.29, 0.717) is 36.7 Å². The van der Waals surface area contributed by atoms with E-state index in [1.807, 2.05) is 32.0 Å². The number of fused-ring (bicyclic) bond motifs is 1. The van der Waals surface area contributed by atoms with Crippen molar-refractivity contribution in [3.63, 3.8) is 0 Å². The topological polar surface area (TPSA) is 76.7 Å². The first-order chi connectivity index (χ1) is 13.1. The van der Waals surface area contributed by atoms with Gasteiger partial charge in [0.1, 0.15) is 6.04 Å². The van der Waals surface area contributed by atoms with Crippen LogP contribution in [0.1, 0.15) is 49.9 Å². The number of nitrogens with one attached hydrogen (secondary N) is 2. The second kappa shape index (κ2) is 9.22. The standard InChI is InChI=1S/C21H30N2O4/c1-3-26-20(24)17-7-5-6-8-18(17)23-16-10-9-14-13-22-19(12-15(14)11-16)21(25)27-4-2/h5-8,14-16,19,22-23H,3-4,9-13H2,1-2H3/t14-,15+,16-,19-/m0/s1. The van der Waals surface area contributed by atoms with Crippen LogP contribution in [-0.4, -0.2) is 43.8 Å². The van der Waals surface area contributed by atoms with Crippen molar-refractivity contribution in [2.75, 3.05) is 25.1 Å². The zero-order valence-electron chi connectivity index (χ0n) is 16.2. The fourth-order valence-corrected chi connectivity index (χ4v) is 4.33. The summed E-state index contributed by atoms with van der Waals surface area (Å²) in [5, 5.41) is 6.90. The minimum absolute atomic E-state index is 0.140. The van der Waals surface area contributed by atoms with Crippen molar-refractivity contribution in [3.05, 3.63) is 29.8 Å². The molecule has 0 unspecified atom stereocenters. The van der Waals surface area contributed by atoms with Crippen LogP contribution in [0.25, 0.3) is 0 Å². The summed E-state index contributed by atoms with van der Waals surface area (Å²) in [4.78, 5) is 24.3. The van der Waals surface area contributed by atoms with E-state index in [9.17, 15) is 9.59 Å². The van der Waals surface area contributed by atoms with Crippen LogP contribution >= 0.6 is 0 Å². The normalized spacial score (nSPS) is 27.3. The molecule has 148 valence electrons. The Kier molecular flexibility index (Phi) is 6.72. The number of hydrogen-bond acceptors (Lipinski definition) is 6. The first-order valence-corrected chi connectivity index (χ1v) is 10.0. The highest BCUT2D eigenvalue weighted by Crippen LogP contribution is 2.37. The number of piperidine rings is 1.